The Balaban J connectivity index is 2.40. The molecule has 0 radical (unpaired) electrons. The van der Waals surface area contributed by atoms with Crippen LogP contribution < -0.4 is 0 Å². The van der Waals surface area contributed by atoms with Crippen molar-refractivity contribution in [2.24, 2.45) is 0 Å². The maximum absolute atomic E-state index is 12.5. The Kier molecular flexibility index (Phi) is 4.20. The van der Waals surface area contributed by atoms with Crippen molar-refractivity contribution in [2.75, 3.05) is 0 Å². The van der Waals surface area contributed by atoms with Crippen LogP contribution in [0.25, 0.3) is 0 Å². The molecule has 0 fully saturated rings. The Morgan fingerprint density at radius 3 is 2.21 bits per heavy atom. The highest BCUT2D eigenvalue weighted by Crippen LogP contribution is 2.24. The molecule has 0 spiro atoms. The van der Waals surface area contributed by atoms with Gasteiger partial charge in [-0.3, -0.25) is 4.79 Å². The summed E-state index contributed by atoms with van der Waals surface area (Å²) in [5.74, 6) is 0.0672. The first-order valence-electron chi connectivity index (χ1n) is 6.43. The summed E-state index contributed by atoms with van der Waals surface area (Å²) < 4.78 is 0.861. The first-order valence-corrected chi connectivity index (χ1v) is 7.22. The smallest absolute Gasteiger partial charge is 0.194 e. The van der Waals surface area contributed by atoms with Gasteiger partial charge in [-0.15, -0.1) is 0 Å². The lowest BCUT2D eigenvalue weighted by atomic mass is 9.98. The summed E-state index contributed by atoms with van der Waals surface area (Å²) in [4.78, 5) is 12.5. The third-order valence-electron chi connectivity index (χ3n) is 3.45. The first-order chi connectivity index (χ1) is 9.02. The van der Waals surface area contributed by atoms with Crippen LogP contribution >= 0.6 is 15.9 Å². The van der Waals surface area contributed by atoms with Crippen LogP contribution in [0.15, 0.2) is 40.9 Å². The Labute approximate surface area is 122 Å². The molecule has 2 aromatic carbocycles. The molecule has 0 saturated carbocycles. The topological polar surface area (TPSA) is 17.1 Å². The quantitative estimate of drug-likeness (QED) is 0.739. The van der Waals surface area contributed by atoms with Crippen molar-refractivity contribution >= 4 is 21.7 Å². The molecule has 2 rings (SSSR count). The summed E-state index contributed by atoms with van der Waals surface area (Å²) in [6, 6.07) is 11.8. The number of carbonyl (C=O) groups excluding carboxylic acids is 1. The van der Waals surface area contributed by atoms with Crippen molar-refractivity contribution in [2.45, 2.75) is 27.2 Å². The summed E-state index contributed by atoms with van der Waals surface area (Å²) >= 11 is 3.49. The molecule has 2 aromatic rings. The van der Waals surface area contributed by atoms with Gasteiger partial charge in [0.15, 0.2) is 5.78 Å². The SMILES string of the molecule is CCc1ccc(C(=O)c2cc(C)c(C)cc2Br)cc1. The zero-order valence-corrected chi connectivity index (χ0v) is 13.0. The molecule has 0 bridgehead atoms. The average Bonchev–Trinajstić information content (AvgIpc) is 2.42. The molecule has 2 heteroatoms. The molecule has 0 unspecified atom stereocenters. The maximum atomic E-state index is 12.5. The third-order valence-corrected chi connectivity index (χ3v) is 4.11. The van der Waals surface area contributed by atoms with E-state index in [0.717, 1.165) is 27.6 Å². The van der Waals surface area contributed by atoms with Crippen molar-refractivity contribution in [3.63, 3.8) is 0 Å². The van der Waals surface area contributed by atoms with Crippen molar-refractivity contribution < 1.29 is 4.79 Å². The lowest BCUT2D eigenvalue weighted by Gasteiger charge is -2.08. The van der Waals surface area contributed by atoms with Gasteiger partial charge in [-0.25, -0.2) is 0 Å². The van der Waals surface area contributed by atoms with Gasteiger partial charge in [0, 0.05) is 15.6 Å². The van der Waals surface area contributed by atoms with E-state index < -0.39 is 0 Å². The van der Waals surface area contributed by atoms with Crippen LogP contribution in [-0.4, -0.2) is 5.78 Å². The Morgan fingerprint density at radius 1 is 1.05 bits per heavy atom. The molecule has 19 heavy (non-hydrogen) atoms. The summed E-state index contributed by atoms with van der Waals surface area (Å²) in [6.45, 7) is 6.18. The van der Waals surface area contributed by atoms with Crippen molar-refractivity contribution in [1.29, 1.82) is 0 Å². The van der Waals surface area contributed by atoms with Crippen LogP contribution in [0.5, 0.6) is 0 Å². The molecule has 0 aromatic heterocycles. The third kappa shape index (κ3) is 2.95. The molecule has 0 aliphatic carbocycles. The predicted octanol–water partition coefficient (Wildman–Crippen LogP) is 4.86. The molecule has 0 N–H and O–H groups in total. The number of halogens is 1. The maximum Gasteiger partial charge on any atom is 0.194 e. The second kappa shape index (κ2) is 5.70. The van der Waals surface area contributed by atoms with Crippen LogP contribution in [0.3, 0.4) is 0 Å². The van der Waals surface area contributed by atoms with E-state index in [0.29, 0.717) is 0 Å². The molecule has 0 amide bonds. The van der Waals surface area contributed by atoms with Crippen LogP contribution in [0.4, 0.5) is 0 Å². The predicted molar refractivity (Wildman–Crippen MR) is 82.9 cm³/mol. The van der Waals surface area contributed by atoms with Gasteiger partial charge in [-0.1, -0.05) is 47.1 Å². The fraction of sp³-hybridized carbons (Fsp3) is 0.235. The minimum atomic E-state index is 0.0672. The van der Waals surface area contributed by atoms with Crippen LogP contribution in [0, 0.1) is 13.8 Å². The van der Waals surface area contributed by atoms with Crippen molar-refractivity contribution in [1.82, 2.24) is 0 Å². The van der Waals surface area contributed by atoms with Crippen molar-refractivity contribution in [3.05, 3.63) is 68.7 Å². The summed E-state index contributed by atoms with van der Waals surface area (Å²) in [7, 11) is 0. The van der Waals surface area contributed by atoms with Gasteiger partial charge in [0.25, 0.3) is 0 Å². The van der Waals surface area contributed by atoms with E-state index in [1.54, 1.807) is 0 Å². The standard InChI is InChI=1S/C17H17BrO/c1-4-13-5-7-14(8-6-13)17(19)15-9-11(2)12(3)10-16(15)18/h5-10H,4H2,1-3H3. The van der Waals surface area contributed by atoms with Gasteiger partial charge in [0.05, 0.1) is 0 Å². The lowest BCUT2D eigenvalue weighted by Crippen LogP contribution is -2.03. The van der Waals surface area contributed by atoms with E-state index in [1.807, 2.05) is 50.2 Å². The molecule has 0 heterocycles. The molecule has 1 nitrogen and oxygen atoms in total. The number of carbonyl (C=O) groups is 1. The van der Waals surface area contributed by atoms with E-state index in [9.17, 15) is 4.79 Å². The van der Waals surface area contributed by atoms with Crippen molar-refractivity contribution in [3.8, 4) is 0 Å². The highest BCUT2D eigenvalue weighted by molar-refractivity contribution is 9.10. The fourth-order valence-electron chi connectivity index (χ4n) is 2.00. The molecule has 0 saturated heterocycles. The van der Waals surface area contributed by atoms with Crippen LogP contribution in [-0.2, 0) is 6.42 Å². The normalized spacial score (nSPS) is 10.5. The first kappa shape index (κ1) is 14.0. The number of hydrogen-bond donors (Lipinski definition) is 0. The van der Waals surface area contributed by atoms with Gasteiger partial charge in [0.2, 0.25) is 0 Å². The second-order valence-electron chi connectivity index (χ2n) is 4.80. The number of hydrogen-bond acceptors (Lipinski definition) is 1. The molecular formula is C17H17BrO. The number of ketones is 1. The number of benzene rings is 2. The van der Waals surface area contributed by atoms with Gasteiger partial charge >= 0.3 is 0 Å². The zero-order valence-electron chi connectivity index (χ0n) is 11.5. The van der Waals surface area contributed by atoms with E-state index in [2.05, 4.69) is 22.9 Å². The minimum Gasteiger partial charge on any atom is -0.289 e. The average molecular weight is 317 g/mol. The molecule has 0 atom stereocenters. The largest absolute Gasteiger partial charge is 0.289 e. The molecule has 0 aliphatic heterocycles. The lowest BCUT2D eigenvalue weighted by molar-refractivity contribution is 0.103. The van der Waals surface area contributed by atoms with E-state index in [1.165, 1.54) is 11.1 Å². The highest BCUT2D eigenvalue weighted by Gasteiger charge is 2.13. The fourth-order valence-corrected chi connectivity index (χ4v) is 2.64. The zero-order chi connectivity index (χ0) is 14.0. The summed E-state index contributed by atoms with van der Waals surface area (Å²) in [5.41, 5.74) is 5.03. The van der Waals surface area contributed by atoms with E-state index in [-0.39, 0.29) is 5.78 Å². The molecular weight excluding hydrogens is 300 g/mol. The molecule has 0 aliphatic rings. The highest BCUT2D eigenvalue weighted by atomic mass is 79.9. The van der Waals surface area contributed by atoms with Crippen LogP contribution in [0.1, 0.15) is 39.5 Å². The van der Waals surface area contributed by atoms with Gasteiger partial charge in [-0.2, -0.15) is 0 Å². The summed E-state index contributed by atoms with van der Waals surface area (Å²) in [6.07, 6.45) is 0.988. The number of rotatable bonds is 3. The molecule has 98 valence electrons. The Hall–Kier alpha value is -1.41. The van der Waals surface area contributed by atoms with E-state index >= 15 is 0 Å². The summed E-state index contributed by atoms with van der Waals surface area (Å²) in [5, 5.41) is 0. The van der Waals surface area contributed by atoms with Gasteiger partial charge in [0.1, 0.15) is 0 Å². The minimum absolute atomic E-state index is 0.0672. The van der Waals surface area contributed by atoms with Gasteiger partial charge in [-0.05, 0) is 49.1 Å². The van der Waals surface area contributed by atoms with Crippen LogP contribution in [0.2, 0.25) is 0 Å². The Morgan fingerprint density at radius 2 is 1.63 bits per heavy atom. The monoisotopic (exact) mass is 316 g/mol. The number of aryl methyl sites for hydroxylation is 3. The van der Waals surface area contributed by atoms with E-state index in [4.69, 9.17) is 0 Å². The Bertz CT molecular complexity index is 612. The van der Waals surface area contributed by atoms with Gasteiger partial charge < -0.3 is 0 Å². The second-order valence-corrected chi connectivity index (χ2v) is 5.65.